The summed E-state index contributed by atoms with van der Waals surface area (Å²) in [5, 5.41) is 0. The molecule has 2 heteroatoms. The van der Waals surface area contributed by atoms with Gasteiger partial charge in [-0.15, -0.1) is 0 Å². The first-order valence-electron chi connectivity index (χ1n) is 4.07. The van der Waals surface area contributed by atoms with E-state index in [0.29, 0.717) is 11.8 Å². The molecule has 60 valence electrons. The van der Waals surface area contributed by atoms with Crippen molar-refractivity contribution in [3.05, 3.63) is 12.2 Å². The Kier molecular flexibility index (Phi) is 1.48. The smallest absolute Gasteiger partial charge is 0.309 e. The van der Waals surface area contributed by atoms with Crippen molar-refractivity contribution in [2.24, 2.45) is 17.8 Å². The molecule has 2 rings (SSSR count). The molecular formula is C9H12O2. The van der Waals surface area contributed by atoms with E-state index < -0.39 is 0 Å². The van der Waals surface area contributed by atoms with Crippen molar-refractivity contribution in [1.29, 1.82) is 0 Å². The minimum atomic E-state index is -0.0261. The number of hydrogen-bond donors (Lipinski definition) is 0. The summed E-state index contributed by atoms with van der Waals surface area (Å²) in [7, 11) is 1.47. The van der Waals surface area contributed by atoms with E-state index in [0.717, 1.165) is 6.42 Å². The van der Waals surface area contributed by atoms with E-state index in [2.05, 4.69) is 12.2 Å². The molecule has 0 aromatic heterocycles. The normalized spacial score (nSPS) is 39.5. The van der Waals surface area contributed by atoms with Gasteiger partial charge in [-0.1, -0.05) is 12.2 Å². The molecule has 0 N–H and O–H groups in total. The lowest BCUT2D eigenvalue weighted by atomic mass is 9.94. The summed E-state index contributed by atoms with van der Waals surface area (Å²) in [5.41, 5.74) is 0. The van der Waals surface area contributed by atoms with Gasteiger partial charge in [-0.25, -0.2) is 0 Å². The predicted molar refractivity (Wildman–Crippen MR) is 40.9 cm³/mol. The Labute approximate surface area is 66.2 Å². The summed E-state index contributed by atoms with van der Waals surface area (Å²) in [4.78, 5) is 11.1. The van der Waals surface area contributed by atoms with Crippen molar-refractivity contribution >= 4 is 5.97 Å². The number of allylic oxidation sites excluding steroid dienone is 2. The summed E-state index contributed by atoms with van der Waals surface area (Å²) in [6, 6.07) is 0. The maximum Gasteiger partial charge on any atom is 0.309 e. The van der Waals surface area contributed by atoms with Crippen LogP contribution in [0.2, 0.25) is 0 Å². The lowest BCUT2D eigenvalue weighted by Crippen LogP contribution is -2.19. The molecule has 2 bridgehead atoms. The van der Waals surface area contributed by atoms with Crippen LogP contribution in [0, 0.1) is 17.8 Å². The molecule has 0 unspecified atom stereocenters. The van der Waals surface area contributed by atoms with Crippen LogP contribution in [0.5, 0.6) is 0 Å². The molecule has 3 atom stereocenters. The van der Waals surface area contributed by atoms with Crippen LogP contribution in [-0.4, -0.2) is 13.1 Å². The van der Waals surface area contributed by atoms with Crippen LogP contribution in [0.3, 0.4) is 0 Å². The molecule has 11 heavy (non-hydrogen) atoms. The summed E-state index contributed by atoms with van der Waals surface area (Å²) < 4.78 is 4.71. The largest absolute Gasteiger partial charge is 0.469 e. The molecule has 0 heterocycles. The number of fused-ring (bicyclic) bond motifs is 2. The first kappa shape index (κ1) is 6.89. The average molecular weight is 152 g/mol. The van der Waals surface area contributed by atoms with Crippen molar-refractivity contribution in [1.82, 2.24) is 0 Å². The molecule has 2 nitrogen and oxygen atoms in total. The van der Waals surface area contributed by atoms with Crippen LogP contribution in [0.15, 0.2) is 12.2 Å². The molecule has 0 amide bonds. The molecule has 0 aromatic carbocycles. The number of carbonyl (C=O) groups excluding carboxylic acids is 1. The van der Waals surface area contributed by atoms with Crippen molar-refractivity contribution in [2.75, 3.05) is 7.11 Å². The van der Waals surface area contributed by atoms with Gasteiger partial charge in [0.05, 0.1) is 13.0 Å². The number of rotatable bonds is 1. The molecule has 2 aliphatic rings. The minimum absolute atomic E-state index is 0.0261. The Morgan fingerprint density at radius 2 is 2.27 bits per heavy atom. The van der Waals surface area contributed by atoms with Gasteiger partial charge in [0.15, 0.2) is 0 Å². The third-order valence-electron chi connectivity index (χ3n) is 2.78. The third kappa shape index (κ3) is 0.971. The lowest BCUT2D eigenvalue weighted by Gasteiger charge is -2.14. The second kappa shape index (κ2) is 2.36. The van der Waals surface area contributed by atoms with E-state index in [4.69, 9.17) is 4.74 Å². The molecule has 0 radical (unpaired) electrons. The van der Waals surface area contributed by atoms with E-state index in [1.807, 2.05) is 0 Å². The third-order valence-corrected chi connectivity index (χ3v) is 2.78. The number of carbonyl (C=O) groups is 1. The fourth-order valence-electron chi connectivity index (χ4n) is 2.20. The van der Waals surface area contributed by atoms with Gasteiger partial charge in [0.2, 0.25) is 0 Å². The summed E-state index contributed by atoms with van der Waals surface area (Å²) in [5.74, 6) is 1.27. The highest BCUT2D eigenvalue weighted by Gasteiger charge is 2.40. The van der Waals surface area contributed by atoms with Gasteiger partial charge < -0.3 is 4.74 Å². The van der Waals surface area contributed by atoms with Gasteiger partial charge in [-0.2, -0.15) is 0 Å². The van der Waals surface area contributed by atoms with Crippen molar-refractivity contribution < 1.29 is 9.53 Å². The standard InChI is InChI=1S/C9H12O2/c1-11-9(10)8-5-6-2-3-7(8)4-6/h2-3,6-8H,4-5H2,1H3/t6-,7-,8+/m1/s1. The van der Waals surface area contributed by atoms with Crippen LogP contribution in [-0.2, 0) is 9.53 Å². The number of hydrogen-bond acceptors (Lipinski definition) is 2. The quantitative estimate of drug-likeness (QED) is 0.419. The highest BCUT2D eigenvalue weighted by Crippen LogP contribution is 2.43. The van der Waals surface area contributed by atoms with E-state index in [-0.39, 0.29) is 11.9 Å². The minimum Gasteiger partial charge on any atom is -0.469 e. The molecule has 0 spiro atoms. The van der Waals surface area contributed by atoms with Crippen LogP contribution in [0.25, 0.3) is 0 Å². The maximum absolute atomic E-state index is 11.1. The molecule has 0 aromatic rings. The van der Waals surface area contributed by atoms with Crippen molar-refractivity contribution in [3.8, 4) is 0 Å². The molecule has 1 fully saturated rings. The summed E-state index contributed by atoms with van der Waals surface area (Å²) >= 11 is 0. The summed E-state index contributed by atoms with van der Waals surface area (Å²) in [6.07, 6.45) is 6.56. The molecule has 1 saturated carbocycles. The van der Waals surface area contributed by atoms with E-state index in [1.54, 1.807) is 0 Å². The lowest BCUT2D eigenvalue weighted by molar-refractivity contribution is -0.146. The first-order chi connectivity index (χ1) is 5.31. The topological polar surface area (TPSA) is 26.3 Å². The van der Waals surface area contributed by atoms with Gasteiger partial charge in [0.25, 0.3) is 0 Å². The van der Waals surface area contributed by atoms with Crippen LogP contribution in [0.4, 0.5) is 0 Å². The predicted octanol–water partition coefficient (Wildman–Crippen LogP) is 1.37. The number of ether oxygens (including phenoxy) is 1. The fraction of sp³-hybridized carbons (Fsp3) is 0.667. The summed E-state index contributed by atoms with van der Waals surface area (Å²) in [6.45, 7) is 0. The zero-order valence-corrected chi connectivity index (χ0v) is 6.62. The first-order valence-corrected chi connectivity index (χ1v) is 4.07. The molecule has 0 aliphatic heterocycles. The van der Waals surface area contributed by atoms with Gasteiger partial charge in [0.1, 0.15) is 0 Å². The van der Waals surface area contributed by atoms with Gasteiger partial charge in [-0.05, 0) is 24.7 Å². The second-order valence-electron chi connectivity index (χ2n) is 3.41. The molecular weight excluding hydrogens is 140 g/mol. The van der Waals surface area contributed by atoms with Crippen molar-refractivity contribution in [2.45, 2.75) is 12.8 Å². The van der Waals surface area contributed by atoms with Gasteiger partial charge in [0, 0.05) is 0 Å². The van der Waals surface area contributed by atoms with Gasteiger partial charge in [-0.3, -0.25) is 4.79 Å². The van der Waals surface area contributed by atoms with E-state index in [1.165, 1.54) is 13.5 Å². The zero-order chi connectivity index (χ0) is 7.84. The highest BCUT2D eigenvalue weighted by molar-refractivity contribution is 5.73. The van der Waals surface area contributed by atoms with Gasteiger partial charge >= 0.3 is 5.97 Å². The second-order valence-corrected chi connectivity index (χ2v) is 3.41. The molecule has 0 saturated heterocycles. The Bertz CT molecular complexity index is 208. The number of methoxy groups -OCH3 is 1. The fourth-order valence-corrected chi connectivity index (χ4v) is 2.20. The zero-order valence-electron chi connectivity index (χ0n) is 6.62. The van der Waals surface area contributed by atoms with Crippen LogP contribution < -0.4 is 0 Å². The Morgan fingerprint density at radius 3 is 2.73 bits per heavy atom. The molecule has 2 aliphatic carbocycles. The maximum atomic E-state index is 11.1. The van der Waals surface area contributed by atoms with Crippen molar-refractivity contribution in [3.63, 3.8) is 0 Å². The van der Waals surface area contributed by atoms with E-state index in [9.17, 15) is 4.79 Å². The Hall–Kier alpha value is -0.790. The highest BCUT2D eigenvalue weighted by atomic mass is 16.5. The Morgan fingerprint density at radius 1 is 1.45 bits per heavy atom. The Balaban J connectivity index is 2.08. The van der Waals surface area contributed by atoms with Crippen LogP contribution >= 0.6 is 0 Å². The van der Waals surface area contributed by atoms with E-state index >= 15 is 0 Å². The average Bonchev–Trinajstić information content (AvgIpc) is 2.62. The number of esters is 1. The SMILES string of the molecule is COC(=O)[C@H]1C[C@@H]2C=C[C@@H]1C2. The van der Waals surface area contributed by atoms with Crippen LogP contribution in [0.1, 0.15) is 12.8 Å². The monoisotopic (exact) mass is 152 g/mol.